The summed E-state index contributed by atoms with van der Waals surface area (Å²) < 4.78 is 67.4. The first-order chi connectivity index (χ1) is 23.6. The third kappa shape index (κ3) is 8.13. The van der Waals surface area contributed by atoms with Crippen LogP contribution in [0.25, 0.3) is 0 Å². The fourth-order valence-corrected chi connectivity index (χ4v) is 4.68. The van der Waals surface area contributed by atoms with Crippen molar-refractivity contribution in [1.29, 1.82) is 5.26 Å². The van der Waals surface area contributed by atoms with Crippen LogP contribution in [0, 0.1) is 34.8 Å². The summed E-state index contributed by atoms with van der Waals surface area (Å²) in [6.07, 6.45) is 5.10. The van der Waals surface area contributed by atoms with Crippen LogP contribution in [0.2, 0.25) is 0 Å². The molecule has 0 saturated carbocycles. The number of hydrogen-bond donors (Lipinski definition) is 2. The highest BCUT2D eigenvalue weighted by Gasteiger charge is 2.57. The molecule has 14 heteroatoms. The Labute approximate surface area is 277 Å². The number of hydrogen-bond acceptors (Lipinski definition) is 7. The zero-order chi connectivity index (χ0) is 34.9. The maximum Gasteiger partial charge on any atom is 0.323 e. The lowest BCUT2D eigenvalue weighted by Gasteiger charge is -2.34. The van der Waals surface area contributed by atoms with Crippen molar-refractivity contribution in [2.24, 2.45) is 21.2 Å². The second-order valence-electron chi connectivity index (χ2n) is 10.6. The van der Waals surface area contributed by atoms with Gasteiger partial charge < -0.3 is 20.3 Å². The summed E-state index contributed by atoms with van der Waals surface area (Å²) in [5.41, 5.74) is -1.78. The quantitative estimate of drug-likeness (QED) is 0.0347. The van der Waals surface area contributed by atoms with Crippen molar-refractivity contribution in [2.75, 3.05) is 6.54 Å². The largest absolute Gasteiger partial charge is 0.489 e. The molecule has 0 spiro atoms. The normalized spacial score (nSPS) is 12.7. The number of imidazole rings is 1. The number of rotatable bonds is 11. The van der Waals surface area contributed by atoms with E-state index in [0.29, 0.717) is 54.2 Å². The third-order valence-corrected chi connectivity index (χ3v) is 7.25. The minimum absolute atomic E-state index is 0.291. The number of halogens is 4. The topological polar surface area (TPSA) is 147 Å². The number of nitrogens with zero attached hydrogens (tertiary/aromatic N) is 7. The SMILES string of the molecule is N#Cc1cn(Cc2ccc(COc3ccc(C#Cc4ccc(C(F)(F)C(O)(CN=CN=NN)c5ccc(F)cc5F)nc4)cc3)cc2)cn1. The molecule has 0 fully saturated rings. The zero-order valence-corrected chi connectivity index (χ0v) is 25.5. The van der Waals surface area contributed by atoms with Crippen molar-refractivity contribution in [2.45, 2.75) is 24.7 Å². The van der Waals surface area contributed by atoms with Crippen LogP contribution < -0.4 is 10.6 Å². The molecule has 3 aromatic carbocycles. The van der Waals surface area contributed by atoms with Crippen molar-refractivity contribution in [3.63, 3.8) is 0 Å². The van der Waals surface area contributed by atoms with Gasteiger partial charge >= 0.3 is 5.92 Å². The monoisotopic (exact) mass is 666 g/mol. The van der Waals surface area contributed by atoms with E-state index >= 15 is 8.78 Å². The summed E-state index contributed by atoms with van der Waals surface area (Å²) in [6.45, 7) is -0.145. The molecule has 0 saturated heterocycles. The minimum Gasteiger partial charge on any atom is -0.489 e. The lowest BCUT2D eigenvalue weighted by molar-refractivity contribution is -0.193. The number of aliphatic hydroxyl groups is 1. The van der Waals surface area contributed by atoms with Gasteiger partial charge in [0, 0.05) is 41.7 Å². The molecule has 3 N–H and O–H groups in total. The summed E-state index contributed by atoms with van der Waals surface area (Å²) in [7, 11) is 0. The Kier molecular flexibility index (Phi) is 10.4. The van der Waals surface area contributed by atoms with Gasteiger partial charge in [-0.25, -0.2) is 13.8 Å². The predicted molar refractivity (Wildman–Crippen MR) is 170 cm³/mol. The van der Waals surface area contributed by atoms with E-state index in [1.54, 1.807) is 36.8 Å². The molecule has 0 amide bonds. The van der Waals surface area contributed by atoms with Crippen molar-refractivity contribution >= 4 is 6.34 Å². The molecule has 0 radical (unpaired) electrons. The first-order valence-corrected chi connectivity index (χ1v) is 14.5. The molecule has 49 heavy (non-hydrogen) atoms. The van der Waals surface area contributed by atoms with Crippen molar-refractivity contribution in [1.82, 2.24) is 14.5 Å². The van der Waals surface area contributed by atoms with E-state index in [1.165, 1.54) is 6.07 Å². The van der Waals surface area contributed by atoms with Gasteiger partial charge in [0.2, 0.25) is 0 Å². The van der Waals surface area contributed by atoms with Crippen LogP contribution in [0.4, 0.5) is 17.6 Å². The van der Waals surface area contributed by atoms with Crippen LogP contribution in [-0.4, -0.2) is 32.5 Å². The molecule has 2 aromatic heterocycles. The zero-order valence-electron chi connectivity index (χ0n) is 25.5. The fourth-order valence-electron chi connectivity index (χ4n) is 4.68. The molecule has 0 aliphatic heterocycles. The fraction of sp³-hybridized carbons (Fsp3) is 0.143. The Morgan fingerprint density at radius 1 is 0.939 bits per heavy atom. The van der Waals surface area contributed by atoms with Crippen LogP contribution in [0.1, 0.15) is 39.2 Å². The number of nitriles is 1. The summed E-state index contributed by atoms with van der Waals surface area (Å²) in [6, 6.07) is 20.9. The maximum atomic E-state index is 15.8. The van der Waals surface area contributed by atoms with Gasteiger partial charge in [-0.1, -0.05) is 41.3 Å². The Balaban J connectivity index is 1.22. The van der Waals surface area contributed by atoms with Gasteiger partial charge in [-0.15, -0.1) is 5.11 Å². The molecular weight excluding hydrogens is 640 g/mol. The summed E-state index contributed by atoms with van der Waals surface area (Å²) >= 11 is 0. The molecule has 5 aromatic rings. The van der Waals surface area contributed by atoms with Gasteiger partial charge in [-0.05, 0) is 59.7 Å². The predicted octanol–water partition coefficient (Wildman–Crippen LogP) is 5.79. The number of alkyl halides is 2. The van der Waals surface area contributed by atoms with Crippen LogP contribution in [-0.2, 0) is 24.7 Å². The van der Waals surface area contributed by atoms with E-state index in [9.17, 15) is 13.9 Å². The molecule has 5 rings (SSSR count). The highest BCUT2D eigenvalue weighted by molar-refractivity contribution is 5.54. The number of pyridine rings is 1. The molecule has 0 aliphatic carbocycles. The average molecular weight is 667 g/mol. The van der Waals surface area contributed by atoms with Crippen LogP contribution in [0.15, 0.2) is 113 Å². The van der Waals surface area contributed by atoms with Gasteiger partial charge in [-0.3, -0.25) is 9.98 Å². The van der Waals surface area contributed by atoms with E-state index in [-0.39, 0.29) is 0 Å². The summed E-state index contributed by atoms with van der Waals surface area (Å²) in [5, 5.41) is 26.2. The van der Waals surface area contributed by atoms with Crippen LogP contribution >= 0.6 is 0 Å². The molecule has 0 aliphatic rings. The van der Waals surface area contributed by atoms with Crippen molar-refractivity contribution in [3.05, 3.63) is 148 Å². The Hall–Kier alpha value is -6.38. The highest BCUT2D eigenvalue weighted by atomic mass is 19.3. The number of ether oxygens (including phenoxy) is 1. The van der Waals surface area contributed by atoms with Gasteiger partial charge in [-0.2, -0.15) is 14.0 Å². The minimum atomic E-state index is -4.20. The number of nitrogens with two attached hydrogens (primary N) is 1. The third-order valence-electron chi connectivity index (χ3n) is 7.25. The standard InChI is InChI=1S/C35H26F4N8O2/c36-28-10-13-31(32(37)15-28)34(48,21-42-22-45-46-41)35(38,39)33-14-9-25(17-43-33)2-1-24-7-11-30(12-8-24)49-20-27-5-3-26(4-6-27)18-47-19-29(16-40)44-23-47/h3-15,17,19,22-23,48H,18,20-21H2,(H2,41,42,45). The summed E-state index contributed by atoms with van der Waals surface area (Å²) in [4.78, 5) is 11.4. The molecule has 1 atom stereocenters. The number of aliphatic imine (C=N–C) groups is 1. The molecule has 0 bridgehead atoms. The van der Waals surface area contributed by atoms with E-state index in [2.05, 4.69) is 37.1 Å². The first-order valence-electron chi connectivity index (χ1n) is 14.5. The molecule has 10 nitrogen and oxygen atoms in total. The van der Waals surface area contributed by atoms with Gasteiger partial charge in [0.05, 0.1) is 12.9 Å². The van der Waals surface area contributed by atoms with Gasteiger partial charge in [0.1, 0.15) is 42.1 Å². The smallest absolute Gasteiger partial charge is 0.323 e. The Bertz CT molecular complexity index is 2060. The molecule has 2 heterocycles. The van der Waals surface area contributed by atoms with E-state index in [1.807, 2.05) is 34.9 Å². The Morgan fingerprint density at radius 2 is 1.65 bits per heavy atom. The molecular formula is C35H26F4N8O2. The van der Waals surface area contributed by atoms with E-state index in [4.69, 9.17) is 15.8 Å². The van der Waals surface area contributed by atoms with Crippen LogP contribution in [0.5, 0.6) is 5.75 Å². The van der Waals surface area contributed by atoms with Crippen molar-refractivity contribution < 1.29 is 27.4 Å². The van der Waals surface area contributed by atoms with Crippen molar-refractivity contribution in [3.8, 4) is 23.7 Å². The number of benzene rings is 3. The van der Waals surface area contributed by atoms with Gasteiger partial charge in [0.15, 0.2) is 11.3 Å². The second-order valence-corrected chi connectivity index (χ2v) is 10.6. The highest BCUT2D eigenvalue weighted by Crippen LogP contribution is 2.46. The van der Waals surface area contributed by atoms with E-state index in [0.717, 1.165) is 29.5 Å². The number of aromatic nitrogens is 3. The average Bonchev–Trinajstić information content (AvgIpc) is 3.57. The Morgan fingerprint density at radius 3 is 2.31 bits per heavy atom. The summed E-state index contributed by atoms with van der Waals surface area (Å²) in [5.74, 6) is 4.63. The van der Waals surface area contributed by atoms with Gasteiger partial charge in [0.25, 0.3) is 0 Å². The molecule has 246 valence electrons. The maximum absolute atomic E-state index is 15.8. The van der Waals surface area contributed by atoms with Crippen LogP contribution in [0.3, 0.4) is 0 Å². The lowest BCUT2D eigenvalue weighted by Crippen LogP contribution is -2.47. The van der Waals surface area contributed by atoms with E-state index < -0.39 is 41.0 Å². The molecule has 1 unspecified atom stereocenters. The lowest BCUT2D eigenvalue weighted by atomic mass is 9.84. The first kappa shape index (κ1) is 34.0. The second kappa shape index (κ2) is 15.0.